The number of aliphatic hydroxyl groups is 3. The Morgan fingerprint density at radius 2 is 1.96 bits per heavy atom. The van der Waals surface area contributed by atoms with E-state index in [1.807, 2.05) is 0 Å². The van der Waals surface area contributed by atoms with Crippen molar-refractivity contribution in [3.05, 3.63) is 22.2 Å². The molecule has 0 bridgehead atoms. The van der Waals surface area contributed by atoms with Crippen molar-refractivity contribution in [1.29, 1.82) is 0 Å². The summed E-state index contributed by atoms with van der Waals surface area (Å²) in [6, 6.07) is 1.46. The Labute approximate surface area is 139 Å². The summed E-state index contributed by atoms with van der Waals surface area (Å²) in [6.45, 7) is -1.58. The molecule has 136 valence electrons. The van der Waals surface area contributed by atoms with Crippen molar-refractivity contribution >= 4 is 22.4 Å². The predicted octanol–water partition coefficient (Wildman–Crippen LogP) is -0.638. The van der Waals surface area contributed by atoms with E-state index < -0.39 is 48.7 Å². The van der Waals surface area contributed by atoms with Crippen molar-refractivity contribution in [2.75, 3.05) is 18.6 Å². The number of halogens is 1. The number of hydrogen-bond donors (Lipinski definition) is 4. The maximum Gasteiger partial charge on any atom is 0.300 e. The smallest absolute Gasteiger partial charge is 0.300 e. The third-order valence-electron chi connectivity index (χ3n) is 4.09. The van der Waals surface area contributed by atoms with E-state index in [0.29, 0.717) is 0 Å². The highest BCUT2D eigenvalue weighted by atomic mass is 19.1. The number of benzene rings is 1. The molecule has 0 radical (unpaired) electrons. The number of anilines is 1. The van der Waals surface area contributed by atoms with Crippen LogP contribution in [-0.4, -0.2) is 74.3 Å². The zero-order valence-electron chi connectivity index (χ0n) is 12.6. The maximum absolute atomic E-state index is 12.9. The number of aliphatic hydroxyl groups excluding tert-OH is 3. The molecule has 0 spiro atoms. The monoisotopic (exact) mass is 358 g/mol. The molecule has 3 unspecified atom stereocenters. The number of fused-ring (bicyclic) bond motifs is 1. The van der Waals surface area contributed by atoms with Crippen molar-refractivity contribution in [2.24, 2.45) is 0 Å². The van der Waals surface area contributed by atoms with E-state index in [0.717, 1.165) is 0 Å². The Kier molecular flexibility index (Phi) is 4.76. The molecule has 12 heteroatoms. The molecule has 1 aliphatic heterocycles. The molecule has 2 heterocycles. The number of nitrogens with one attached hydrogen (secondary N) is 1. The highest BCUT2D eigenvalue weighted by Gasteiger charge is 2.44. The molecular formula is C13H15FN4O7. The molecule has 0 saturated carbocycles. The number of ether oxygens (including phenoxy) is 1. The molecule has 11 nitrogen and oxygen atoms in total. The molecular weight excluding hydrogens is 343 g/mol. The fourth-order valence-electron chi connectivity index (χ4n) is 2.80. The number of nitro benzene ring substituents is 1. The van der Waals surface area contributed by atoms with Gasteiger partial charge < -0.3 is 25.4 Å². The first-order valence-electron chi connectivity index (χ1n) is 7.32. The predicted molar refractivity (Wildman–Crippen MR) is 79.6 cm³/mol. The third kappa shape index (κ3) is 3.00. The number of nitrogens with zero attached hydrogens (tertiary/aromatic N) is 3. The van der Waals surface area contributed by atoms with Crippen LogP contribution >= 0.6 is 0 Å². The second-order valence-corrected chi connectivity index (χ2v) is 5.55. The van der Waals surface area contributed by atoms with Gasteiger partial charge in [-0.25, -0.2) is 9.02 Å². The Bertz CT molecular complexity index is 770. The average Bonchev–Trinajstić information content (AvgIpc) is 3.09. The minimum atomic E-state index is -1.52. The Morgan fingerprint density at radius 1 is 1.24 bits per heavy atom. The van der Waals surface area contributed by atoms with Gasteiger partial charge in [0.1, 0.15) is 31.1 Å². The molecule has 2 aromatic rings. The molecule has 1 fully saturated rings. The van der Waals surface area contributed by atoms with E-state index in [-0.39, 0.29) is 22.4 Å². The first-order chi connectivity index (χ1) is 12.0. The average molecular weight is 358 g/mol. The summed E-state index contributed by atoms with van der Waals surface area (Å²) in [6.07, 6.45) is -5.27. The van der Waals surface area contributed by atoms with Crippen LogP contribution in [0.15, 0.2) is 16.8 Å². The van der Waals surface area contributed by atoms with Crippen LogP contribution < -0.4 is 5.32 Å². The van der Waals surface area contributed by atoms with Crippen LogP contribution in [0.5, 0.6) is 0 Å². The molecule has 5 atom stereocenters. The largest absolute Gasteiger partial charge is 0.394 e. The molecule has 3 rings (SSSR count). The van der Waals surface area contributed by atoms with E-state index >= 15 is 0 Å². The van der Waals surface area contributed by atoms with Crippen molar-refractivity contribution in [3.63, 3.8) is 0 Å². The summed E-state index contributed by atoms with van der Waals surface area (Å²) in [5.41, 5.74) is -0.193. The van der Waals surface area contributed by atoms with Crippen LogP contribution in [0.25, 0.3) is 11.0 Å². The van der Waals surface area contributed by atoms with Gasteiger partial charge in [0.05, 0.1) is 23.3 Å². The molecule has 1 aromatic carbocycles. The molecule has 0 amide bonds. The molecule has 1 aromatic heterocycles. The second kappa shape index (κ2) is 6.84. The quantitative estimate of drug-likeness (QED) is 0.399. The number of nitro groups is 1. The Hall–Kier alpha value is -2.41. The number of hydrogen-bond acceptors (Lipinski definition) is 10. The lowest BCUT2D eigenvalue weighted by molar-refractivity contribution is -0.383. The van der Waals surface area contributed by atoms with E-state index in [2.05, 4.69) is 20.3 Å². The topological polar surface area (TPSA) is 164 Å². The van der Waals surface area contributed by atoms with Gasteiger partial charge in [-0.15, -0.1) is 0 Å². The van der Waals surface area contributed by atoms with Gasteiger partial charge in [0, 0.05) is 6.07 Å². The molecule has 25 heavy (non-hydrogen) atoms. The number of non-ortho nitro benzene ring substituents is 1. The summed E-state index contributed by atoms with van der Waals surface area (Å²) in [5.74, 6) is 0. The lowest BCUT2D eigenvalue weighted by atomic mass is 9.93. The Balaban J connectivity index is 1.93. The zero-order chi connectivity index (χ0) is 18.1. The third-order valence-corrected chi connectivity index (χ3v) is 4.09. The molecule has 1 aliphatic rings. The standard InChI is InChI=1S/C13H15FN4O7/c14-3-7-12(20)13(21)11(8(4-19)24-7)15-5-1-2-6(18(22)23)10-9(5)16-25-17-10/h1-2,7-8,11-13,15,19-21H,3-4H2/t7?,8-,11?,12+,13?/m1/s1. The van der Waals surface area contributed by atoms with Crippen molar-refractivity contribution in [2.45, 2.75) is 30.5 Å². The summed E-state index contributed by atoms with van der Waals surface area (Å²) in [5, 5.41) is 50.4. The van der Waals surface area contributed by atoms with E-state index in [4.69, 9.17) is 4.74 Å². The van der Waals surface area contributed by atoms with Crippen molar-refractivity contribution in [3.8, 4) is 0 Å². The van der Waals surface area contributed by atoms with Crippen LogP contribution in [-0.2, 0) is 4.74 Å². The van der Waals surface area contributed by atoms with Crippen molar-refractivity contribution < 1.29 is 34.0 Å². The fraction of sp³-hybridized carbons (Fsp3) is 0.538. The number of aromatic nitrogens is 2. The first-order valence-corrected chi connectivity index (χ1v) is 7.32. The highest BCUT2D eigenvalue weighted by molar-refractivity contribution is 5.93. The molecule has 1 saturated heterocycles. The van der Waals surface area contributed by atoms with Gasteiger partial charge in [0.2, 0.25) is 5.52 Å². The Morgan fingerprint density at radius 3 is 2.60 bits per heavy atom. The van der Waals surface area contributed by atoms with Crippen LogP contribution in [0.2, 0.25) is 0 Å². The maximum atomic E-state index is 12.9. The molecule has 0 aliphatic carbocycles. The van der Waals surface area contributed by atoms with Crippen LogP contribution in [0, 0.1) is 10.1 Å². The minimum Gasteiger partial charge on any atom is -0.394 e. The van der Waals surface area contributed by atoms with Gasteiger partial charge in [-0.05, 0) is 16.4 Å². The summed E-state index contributed by atoms with van der Waals surface area (Å²) in [4.78, 5) is 10.3. The summed E-state index contributed by atoms with van der Waals surface area (Å²) < 4.78 is 22.6. The van der Waals surface area contributed by atoms with E-state index in [1.54, 1.807) is 0 Å². The van der Waals surface area contributed by atoms with Crippen molar-refractivity contribution in [1.82, 2.24) is 10.3 Å². The van der Waals surface area contributed by atoms with E-state index in [1.165, 1.54) is 12.1 Å². The zero-order valence-corrected chi connectivity index (χ0v) is 12.6. The lowest BCUT2D eigenvalue weighted by Crippen LogP contribution is -2.61. The SMILES string of the molecule is O=[N+]([O-])c1ccc(NC2C(O)[C@@H](O)C(CF)O[C@@H]2CO)c2nonc12. The first kappa shape index (κ1) is 17.4. The van der Waals surface area contributed by atoms with Gasteiger partial charge in [-0.1, -0.05) is 0 Å². The van der Waals surface area contributed by atoms with E-state index in [9.17, 15) is 29.8 Å². The number of rotatable bonds is 5. The number of alkyl halides is 1. The van der Waals surface area contributed by atoms with Crippen LogP contribution in [0.4, 0.5) is 15.8 Å². The minimum absolute atomic E-state index is 0.0280. The summed E-state index contributed by atoms with van der Waals surface area (Å²) in [7, 11) is 0. The lowest BCUT2D eigenvalue weighted by Gasteiger charge is -2.42. The normalized spacial score (nSPS) is 29.7. The fourth-order valence-corrected chi connectivity index (χ4v) is 2.80. The van der Waals surface area contributed by atoms with Gasteiger partial charge >= 0.3 is 5.69 Å². The van der Waals surface area contributed by atoms with Gasteiger partial charge in [0.25, 0.3) is 0 Å². The molecule has 4 N–H and O–H groups in total. The summed E-state index contributed by atoms with van der Waals surface area (Å²) >= 11 is 0. The van der Waals surface area contributed by atoms with Gasteiger partial charge in [-0.3, -0.25) is 10.1 Å². The highest BCUT2D eigenvalue weighted by Crippen LogP contribution is 2.31. The van der Waals surface area contributed by atoms with Crippen LogP contribution in [0.3, 0.4) is 0 Å². The van der Waals surface area contributed by atoms with Crippen LogP contribution in [0.1, 0.15) is 0 Å². The van der Waals surface area contributed by atoms with Gasteiger partial charge in [0.15, 0.2) is 5.52 Å². The second-order valence-electron chi connectivity index (χ2n) is 5.55. The van der Waals surface area contributed by atoms with Gasteiger partial charge in [-0.2, -0.15) is 0 Å².